The van der Waals surface area contributed by atoms with Gasteiger partial charge in [-0.3, -0.25) is 4.79 Å². The molecule has 0 radical (unpaired) electrons. The normalized spacial score (nSPS) is 18.8. The van der Waals surface area contributed by atoms with Crippen LogP contribution in [0.3, 0.4) is 0 Å². The summed E-state index contributed by atoms with van der Waals surface area (Å²) >= 11 is 5.21. The van der Waals surface area contributed by atoms with Gasteiger partial charge in [0.25, 0.3) is 0 Å². The van der Waals surface area contributed by atoms with Crippen LogP contribution < -0.4 is 10.2 Å². The van der Waals surface area contributed by atoms with E-state index in [1.54, 1.807) is 11.3 Å². The molecule has 0 spiro atoms. The van der Waals surface area contributed by atoms with Gasteiger partial charge >= 0.3 is 0 Å². The quantitative estimate of drug-likeness (QED) is 0.898. The molecule has 0 saturated heterocycles. The highest BCUT2D eigenvalue weighted by molar-refractivity contribution is 9.10. The molecular formula is C15H15BrN2OS. The Kier molecular flexibility index (Phi) is 3.92. The van der Waals surface area contributed by atoms with Crippen molar-refractivity contribution in [1.29, 1.82) is 0 Å². The number of anilines is 1. The lowest BCUT2D eigenvalue weighted by Crippen LogP contribution is -2.41. The van der Waals surface area contributed by atoms with E-state index in [1.807, 2.05) is 41.5 Å². The van der Waals surface area contributed by atoms with Gasteiger partial charge in [-0.15, -0.1) is 11.3 Å². The van der Waals surface area contributed by atoms with Crippen LogP contribution in [0.4, 0.5) is 5.69 Å². The van der Waals surface area contributed by atoms with Gasteiger partial charge in [0.15, 0.2) is 0 Å². The van der Waals surface area contributed by atoms with Crippen molar-refractivity contribution < 1.29 is 4.79 Å². The minimum Gasteiger partial charge on any atom is -0.305 e. The Morgan fingerprint density at radius 3 is 2.95 bits per heavy atom. The van der Waals surface area contributed by atoms with Gasteiger partial charge in [0.1, 0.15) is 0 Å². The standard InChI is InChI=1S/C15H15BrN2OS/c1-10-15(19)18(9-14-12(16)6-7-20-14)13-5-3-2-4-11(13)8-17-10/h2-7,10,17H,8-9H2,1H3. The SMILES string of the molecule is CC1NCc2ccccc2N(Cc2sccc2Br)C1=O. The molecule has 3 nitrogen and oxygen atoms in total. The molecule has 1 atom stereocenters. The Hall–Kier alpha value is -1.17. The molecule has 3 rings (SSSR count). The van der Waals surface area contributed by atoms with E-state index in [4.69, 9.17) is 0 Å². The van der Waals surface area contributed by atoms with Crippen molar-refractivity contribution in [2.75, 3.05) is 4.90 Å². The zero-order chi connectivity index (χ0) is 14.1. The van der Waals surface area contributed by atoms with Crippen molar-refractivity contribution >= 4 is 38.9 Å². The predicted octanol–water partition coefficient (Wildman–Crippen LogP) is 3.54. The largest absolute Gasteiger partial charge is 0.305 e. The Labute approximate surface area is 130 Å². The number of hydrogen-bond acceptors (Lipinski definition) is 3. The number of thiophene rings is 1. The molecule has 1 N–H and O–H groups in total. The molecule has 1 amide bonds. The van der Waals surface area contributed by atoms with Crippen LogP contribution in [0, 0.1) is 0 Å². The lowest BCUT2D eigenvalue weighted by atomic mass is 10.1. The number of hydrogen-bond donors (Lipinski definition) is 1. The molecule has 1 aliphatic rings. The van der Waals surface area contributed by atoms with Crippen LogP contribution in [0.5, 0.6) is 0 Å². The molecule has 0 bridgehead atoms. The maximum atomic E-state index is 12.6. The third kappa shape index (κ3) is 2.53. The zero-order valence-corrected chi connectivity index (χ0v) is 13.5. The highest BCUT2D eigenvalue weighted by Gasteiger charge is 2.27. The monoisotopic (exact) mass is 350 g/mol. The summed E-state index contributed by atoms with van der Waals surface area (Å²) in [5.41, 5.74) is 2.17. The second-order valence-electron chi connectivity index (χ2n) is 4.85. The second-order valence-corrected chi connectivity index (χ2v) is 6.70. The molecule has 0 saturated carbocycles. The Morgan fingerprint density at radius 1 is 1.40 bits per heavy atom. The lowest BCUT2D eigenvalue weighted by Gasteiger charge is -2.24. The first-order valence-electron chi connectivity index (χ1n) is 6.51. The lowest BCUT2D eigenvalue weighted by molar-refractivity contribution is -0.120. The van der Waals surface area contributed by atoms with Crippen molar-refractivity contribution in [3.8, 4) is 0 Å². The number of carbonyl (C=O) groups is 1. The number of carbonyl (C=O) groups excluding carboxylic acids is 1. The van der Waals surface area contributed by atoms with E-state index in [0.717, 1.165) is 22.3 Å². The zero-order valence-electron chi connectivity index (χ0n) is 11.1. The van der Waals surface area contributed by atoms with Gasteiger partial charge in [0.05, 0.1) is 12.6 Å². The van der Waals surface area contributed by atoms with E-state index in [9.17, 15) is 4.79 Å². The van der Waals surface area contributed by atoms with E-state index in [0.29, 0.717) is 6.54 Å². The topological polar surface area (TPSA) is 32.3 Å². The molecule has 1 aliphatic heterocycles. The van der Waals surface area contributed by atoms with Crippen LogP contribution in [0.1, 0.15) is 17.4 Å². The average molecular weight is 351 g/mol. The van der Waals surface area contributed by atoms with Gasteiger partial charge < -0.3 is 10.2 Å². The number of halogens is 1. The van der Waals surface area contributed by atoms with Gasteiger partial charge in [-0.2, -0.15) is 0 Å². The van der Waals surface area contributed by atoms with Crippen molar-refractivity contribution in [3.05, 3.63) is 50.6 Å². The molecule has 2 heterocycles. The van der Waals surface area contributed by atoms with E-state index >= 15 is 0 Å². The number of rotatable bonds is 2. The fourth-order valence-corrected chi connectivity index (χ4v) is 3.84. The number of benzene rings is 1. The van der Waals surface area contributed by atoms with Crippen LogP contribution in [-0.4, -0.2) is 11.9 Å². The minimum absolute atomic E-state index is 0.121. The Balaban J connectivity index is 2.01. The minimum atomic E-state index is -0.166. The molecule has 1 aromatic carbocycles. The fraction of sp³-hybridized carbons (Fsp3) is 0.267. The molecule has 0 aliphatic carbocycles. The van der Waals surface area contributed by atoms with E-state index in [2.05, 4.69) is 27.3 Å². The highest BCUT2D eigenvalue weighted by Crippen LogP contribution is 2.30. The summed E-state index contributed by atoms with van der Waals surface area (Å²) in [5, 5.41) is 5.31. The Bertz CT molecular complexity index is 640. The van der Waals surface area contributed by atoms with E-state index in [1.165, 1.54) is 4.88 Å². The van der Waals surface area contributed by atoms with Crippen LogP contribution >= 0.6 is 27.3 Å². The molecule has 20 heavy (non-hydrogen) atoms. The van der Waals surface area contributed by atoms with Crippen LogP contribution in [-0.2, 0) is 17.9 Å². The van der Waals surface area contributed by atoms with Crippen molar-refractivity contribution in [3.63, 3.8) is 0 Å². The molecule has 5 heteroatoms. The molecule has 2 aromatic rings. The number of nitrogens with one attached hydrogen (secondary N) is 1. The van der Waals surface area contributed by atoms with Crippen molar-refractivity contribution in [2.45, 2.75) is 26.1 Å². The van der Waals surface area contributed by atoms with E-state index < -0.39 is 0 Å². The molecule has 1 aromatic heterocycles. The summed E-state index contributed by atoms with van der Waals surface area (Å²) < 4.78 is 1.07. The summed E-state index contributed by atoms with van der Waals surface area (Å²) in [6.45, 7) is 3.26. The number of nitrogens with zero attached hydrogens (tertiary/aromatic N) is 1. The Morgan fingerprint density at radius 2 is 2.20 bits per heavy atom. The van der Waals surface area contributed by atoms with Gasteiger partial charge in [-0.1, -0.05) is 18.2 Å². The summed E-state index contributed by atoms with van der Waals surface area (Å²) in [6, 6.07) is 9.95. The van der Waals surface area contributed by atoms with Crippen LogP contribution in [0.25, 0.3) is 0 Å². The predicted molar refractivity (Wildman–Crippen MR) is 86.0 cm³/mol. The average Bonchev–Trinajstić information content (AvgIpc) is 2.82. The van der Waals surface area contributed by atoms with Gasteiger partial charge in [-0.05, 0) is 45.9 Å². The van der Waals surface area contributed by atoms with Crippen molar-refractivity contribution in [2.24, 2.45) is 0 Å². The summed E-state index contributed by atoms with van der Waals surface area (Å²) in [4.78, 5) is 15.7. The second kappa shape index (κ2) is 5.68. The van der Waals surface area contributed by atoms with Crippen molar-refractivity contribution in [1.82, 2.24) is 5.32 Å². The van der Waals surface area contributed by atoms with Crippen LogP contribution in [0.15, 0.2) is 40.2 Å². The number of para-hydroxylation sites is 1. The summed E-state index contributed by atoms with van der Waals surface area (Å²) in [5.74, 6) is 0.121. The number of fused-ring (bicyclic) bond motifs is 1. The summed E-state index contributed by atoms with van der Waals surface area (Å²) in [6.07, 6.45) is 0. The van der Waals surface area contributed by atoms with E-state index in [-0.39, 0.29) is 11.9 Å². The fourth-order valence-electron chi connectivity index (χ4n) is 2.37. The van der Waals surface area contributed by atoms with Gasteiger partial charge in [0.2, 0.25) is 5.91 Å². The summed E-state index contributed by atoms with van der Waals surface area (Å²) in [7, 11) is 0. The maximum Gasteiger partial charge on any atom is 0.244 e. The first kappa shape index (κ1) is 13.8. The third-order valence-electron chi connectivity index (χ3n) is 3.51. The first-order chi connectivity index (χ1) is 9.66. The maximum absolute atomic E-state index is 12.6. The van der Waals surface area contributed by atoms with Gasteiger partial charge in [-0.25, -0.2) is 0 Å². The highest BCUT2D eigenvalue weighted by atomic mass is 79.9. The first-order valence-corrected chi connectivity index (χ1v) is 8.18. The smallest absolute Gasteiger partial charge is 0.244 e. The third-order valence-corrected chi connectivity index (χ3v) is 5.42. The van der Waals surface area contributed by atoms with Gasteiger partial charge in [0, 0.05) is 21.6 Å². The molecule has 0 fully saturated rings. The molecular weight excluding hydrogens is 336 g/mol. The molecule has 104 valence electrons. The molecule has 1 unspecified atom stereocenters. The number of amides is 1. The van der Waals surface area contributed by atoms with Crippen LogP contribution in [0.2, 0.25) is 0 Å².